The minimum absolute atomic E-state index is 0.0741. The maximum absolute atomic E-state index is 13.2. The van der Waals surface area contributed by atoms with Crippen molar-refractivity contribution in [3.63, 3.8) is 0 Å². The second-order valence-electron chi connectivity index (χ2n) is 7.92. The third-order valence-corrected chi connectivity index (χ3v) is 9.50. The summed E-state index contributed by atoms with van der Waals surface area (Å²) in [4.78, 5) is 32.5. The number of fused-ring (bicyclic) bond motifs is 1. The third-order valence-electron chi connectivity index (χ3n) is 5.25. The summed E-state index contributed by atoms with van der Waals surface area (Å²) in [5.74, 6) is -1.21. The van der Waals surface area contributed by atoms with Crippen LogP contribution in [0.3, 0.4) is 0 Å². The minimum Gasteiger partial charge on any atom is -0.330 e. The summed E-state index contributed by atoms with van der Waals surface area (Å²) < 4.78 is 30.0. The van der Waals surface area contributed by atoms with E-state index in [4.69, 9.17) is 5.73 Å². The van der Waals surface area contributed by atoms with Gasteiger partial charge in [0.05, 0.1) is 16.4 Å². The number of urea groups is 1. The number of aryl methyl sites for hydroxylation is 1. The van der Waals surface area contributed by atoms with Crippen molar-refractivity contribution in [2.75, 3.05) is 13.1 Å². The number of hydrogen-bond acceptors (Lipinski definition) is 8. The van der Waals surface area contributed by atoms with E-state index in [1.54, 1.807) is 6.20 Å². The van der Waals surface area contributed by atoms with E-state index in [1.807, 2.05) is 13.8 Å². The Balaban J connectivity index is 1.67. The highest BCUT2D eigenvalue weighted by Crippen LogP contribution is 2.42. The van der Waals surface area contributed by atoms with Crippen LogP contribution in [0.2, 0.25) is 0 Å². The average Bonchev–Trinajstić information content (AvgIpc) is 3.07. The van der Waals surface area contributed by atoms with Crippen LogP contribution >= 0.6 is 23.1 Å². The number of nitrogens with one attached hydrogen (secondary N) is 1. The van der Waals surface area contributed by atoms with Gasteiger partial charge in [0.2, 0.25) is 10.0 Å². The number of amides is 3. The number of carbonyl (C=O) groups excluding carboxylic acids is 2. The van der Waals surface area contributed by atoms with E-state index in [-0.39, 0.29) is 10.8 Å². The number of imide groups is 1. The molecule has 0 bridgehead atoms. The highest BCUT2D eigenvalue weighted by atomic mass is 32.3. The molecule has 0 saturated heterocycles. The number of nitrogens with zero attached hydrogens (tertiary/aromatic N) is 3. The van der Waals surface area contributed by atoms with Crippen molar-refractivity contribution in [3.8, 4) is 0 Å². The van der Waals surface area contributed by atoms with Gasteiger partial charge in [-0.1, -0.05) is 0 Å². The van der Waals surface area contributed by atoms with E-state index in [0.717, 1.165) is 34.5 Å². The molecular formula is C18H24N5O4S3+. The van der Waals surface area contributed by atoms with Gasteiger partial charge in [-0.3, -0.25) is 0 Å². The predicted octanol–water partition coefficient (Wildman–Crippen LogP) is 1.35. The zero-order chi connectivity index (χ0) is 21.7. The first kappa shape index (κ1) is 21.6. The summed E-state index contributed by atoms with van der Waals surface area (Å²) in [7, 11) is -3.76. The van der Waals surface area contributed by atoms with Crippen LogP contribution in [0.4, 0.5) is 4.79 Å². The van der Waals surface area contributed by atoms with Gasteiger partial charge in [-0.05, 0) is 57.5 Å². The van der Waals surface area contributed by atoms with Crippen LogP contribution in [-0.2, 0) is 21.4 Å². The van der Waals surface area contributed by atoms with Crippen molar-refractivity contribution < 1.29 is 22.6 Å². The average molecular weight is 471 g/mol. The number of carbonyl (C=O) groups is 2. The molecule has 1 atom stereocenters. The van der Waals surface area contributed by atoms with Crippen molar-refractivity contribution in [1.82, 2.24) is 14.6 Å². The molecule has 3 amide bonds. The Morgan fingerprint density at radius 1 is 1.40 bits per heavy atom. The lowest BCUT2D eigenvalue weighted by molar-refractivity contribution is -0.438. The third kappa shape index (κ3) is 4.11. The van der Waals surface area contributed by atoms with E-state index in [9.17, 15) is 18.0 Å². The van der Waals surface area contributed by atoms with Crippen molar-refractivity contribution in [3.05, 3.63) is 26.4 Å². The summed E-state index contributed by atoms with van der Waals surface area (Å²) >= 11 is 2.40. The smallest absolute Gasteiger partial charge is 0.330 e. The fourth-order valence-electron chi connectivity index (χ4n) is 3.35. The standard InChI is InChI=1S/C18H24N5O4S3/c1-11-20-9-12(28-11)10-23-15(24)13-8-14(30(26,27)21-18(2)4-5-18)29-16(13)22(17(23)25)7-3-6-19/h8-9,13,21H,3-7,10,19H2,1-2H3/q+1. The summed E-state index contributed by atoms with van der Waals surface area (Å²) in [6.07, 6.45) is 5.23. The minimum atomic E-state index is -3.76. The molecular weight excluding hydrogens is 446 g/mol. The molecule has 0 radical (unpaired) electrons. The van der Waals surface area contributed by atoms with Crippen LogP contribution in [0.15, 0.2) is 16.5 Å². The SMILES string of the molecule is Cc1ncc(CN2C(=O)C3C=C(S(=O)(=O)NC4(C)CC4)SC3=[N+](CCCN)C2=O)s1. The predicted molar refractivity (Wildman–Crippen MR) is 115 cm³/mol. The largest absolute Gasteiger partial charge is 0.501 e. The Morgan fingerprint density at radius 3 is 2.73 bits per heavy atom. The Labute approximate surface area is 183 Å². The number of thioether (sulfide) groups is 1. The molecule has 1 aliphatic carbocycles. The zero-order valence-corrected chi connectivity index (χ0v) is 19.2. The van der Waals surface area contributed by atoms with Crippen LogP contribution < -0.4 is 10.5 Å². The van der Waals surface area contributed by atoms with E-state index in [2.05, 4.69) is 9.71 Å². The second kappa shape index (κ2) is 7.83. The lowest BCUT2D eigenvalue weighted by atomic mass is 10.1. The van der Waals surface area contributed by atoms with Gasteiger partial charge in [-0.2, -0.15) is 14.3 Å². The van der Waals surface area contributed by atoms with Gasteiger partial charge in [0.25, 0.3) is 0 Å². The molecule has 9 nitrogen and oxygen atoms in total. The van der Waals surface area contributed by atoms with Gasteiger partial charge in [0, 0.05) is 11.7 Å². The maximum atomic E-state index is 13.2. The Bertz CT molecular complexity index is 1070. The van der Waals surface area contributed by atoms with Crippen LogP contribution in [0.1, 0.15) is 36.1 Å². The van der Waals surface area contributed by atoms with Gasteiger partial charge in [0.15, 0.2) is 5.04 Å². The molecule has 3 N–H and O–H groups in total. The second-order valence-corrected chi connectivity index (χ2v) is 12.2. The fraction of sp³-hybridized carbons (Fsp3) is 0.556. The molecule has 1 saturated carbocycles. The highest BCUT2D eigenvalue weighted by molar-refractivity contribution is 8.27. The van der Waals surface area contributed by atoms with E-state index < -0.39 is 33.4 Å². The molecule has 1 fully saturated rings. The number of sulfonamides is 1. The number of nitrogens with two attached hydrogens (primary N) is 1. The summed E-state index contributed by atoms with van der Waals surface area (Å²) in [6.45, 7) is 4.53. The summed E-state index contributed by atoms with van der Waals surface area (Å²) in [6, 6.07) is -0.451. The molecule has 3 heterocycles. The van der Waals surface area contributed by atoms with Crippen LogP contribution in [0, 0.1) is 12.8 Å². The van der Waals surface area contributed by atoms with E-state index >= 15 is 0 Å². The Hall–Kier alpha value is -1.60. The molecule has 12 heteroatoms. The van der Waals surface area contributed by atoms with Gasteiger partial charge < -0.3 is 5.73 Å². The molecule has 1 aromatic heterocycles. The summed E-state index contributed by atoms with van der Waals surface area (Å²) in [5.41, 5.74) is 5.21. The molecule has 30 heavy (non-hydrogen) atoms. The monoisotopic (exact) mass is 470 g/mol. The molecule has 1 aromatic rings. The van der Waals surface area contributed by atoms with Gasteiger partial charge in [0.1, 0.15) is 16.7 Å². The summed E-state index contributed by atoms with van der Waals surface area (Å²) in [5, 5.41) is 1.29. The Morgan fingerprint density at radius 2 is 2.13 bits per heavy atom. The number of hydrogen-bond donors (Lipinski definition) is 2. The van der Waals surface area contributed by atoms with Crippen molar-refractivity contribution in [2.24, 2.45) is 11.7 Å². The zero-order valence-electron chi connectivity index (χ0n) is 16.8. The first-order valence-corrected chi connectivity index (χ1v) is 12.8. The molecule has 0 aromatic carbocycles. The maximum Gasteiger partial charge on any atom is 0.501 e. The van der Waals surface area contributed by atoms with Crippen LogP contribution in [0.25, 0.3) is 0 Å². The van der Waals surface area contributed by atoms with E-state index in [1.165, 1.54) is 26.9 Å². The molecule has 162 valence electrons. The molecule has 2 aliphatic heterocycles. The molecule has 4 rings (SSSR count). The van der Waals surface area contributed by atoms with Crippen molar-refractivity contribution >= 4 is 50.1 Å². The lowest BCUT2D eigenvalue weighted by Gasteiger charge is -2.23. The highest BCUT2D eigenvalue weighted by Gasteiger charge is 2.52. The van der Waals surface area contributed by atoms with Gasteiger partial charge in [-0.15, -0.1) is 11.3 Å². The normalized spacial score (nSPS) is 23.1. The molecule has 0 spiro atoms. The quantitative estimate of drug-likeness (QED) is 0.549. The van der Waals surface area contributed by atoms with Crippen LogP contribution in [-0.4, -0.2) is 58.5 Å². The topological polar surface area (TPSA) is 125 Å². The Kier molecular flexibility index (Phi) is 5.64. The number of thiazole rings is 1. The van der Waals surface area contributed by atoms with Gasteiger partial charge in [-0.25, -0.2) is 22.9 Å². The molecule has 3 aliphatic rings. The number of aromatic nitrogens is 1. The van der Waals surface area contributed by atoms with Gasteiger partial charge >= 0.3 is 11.9 Å². The lowest BCUT2D eigenvalue weighted by Crippen LogP contribution is -2.52. The first-order valence-electron chi connectivity index (χ1n) is 9.68. The fourth-order valence-corrected chi connectivity index (χ4v) is 7.21. The van der Waals surface area contributed by atoms with Crippen molar-refractivity contribution in [1.29, 1.82) is 0 Å². The molecule has 1 unspecified atom stereocenters. The van der Waals surface area contributed by atoms with Crippen LogP contribution in [0.5, 0.6) is 0 Å². The van der Waals surface area contributed by atoms with E-state index in [0.29, 0.717) is 24.6 Å². The first-order chi connectivity index (χ1) is 14.1. The number of rotatable bonds is 8. The van der Waals surface area contributed by atoms with Crippen molar-refractivity contribution in [2.45, 2.75) is 45.2 Å².